The Morgan fingerprint density at radius 2 is 1.49 bits per heavy atom. The molecular weight excluding hydrogens is 696 g/mol. The van der Waals surface area contributed by atoms with Crippen LogP contribution < -0.4 is 4.90 Å². The van der Waals surface area contributed by atoms with E-state index in [2.05, 4.69) is 15.9 Å². The van der Waals surface area contributed by atoms with Gasteiger partial charge in [-0.1, -0.05) is 48.0 Å². The standard InChI is InChI=1S/C34H20BrF6NO5/c35-24-13-25(43)28-23(30(24)45)12-22-19(26(28)20-6-5-14-3-1-2-4-18(14)29(20)44)7-8-21-27(22)32(47)42(31(21)46)17-10-15(33(36,37)38)9-16(11-17)34(39,40)41/h1-7,9-11,13,21-22,26-27,44H,8,12H2. The summed E-state index contributed by atoms with van der Waals surface area (Å²) in [5.74, 6) is -7.59. The number of amides is 2. The number of Topliss-reactive ketones (excluding diaryl/α,β-unsaturated/α-hetero) is 1. The number of hydrogen-bond donors (Lipinski definition) is 1. The van der Waals surface area contributed by atoms with Crippen LogP contribution >= 0.6 is 15.9 Å². The number of rotatable bonds is 2. The molecule has 1 heterocycles. The average molecular weight is 716 g/mol. The van der Waals surface area contributed by atoms with Gasteiger partial charge < -0.3 is 5.11 Å². The van der Waals surface area contributed by atoms with E-state index in [1.165, 1.54) is 0 Å². The summed E-state index contributed by atoms with van der Waals surface area (Å²) in [6, 6.07) is 10.8. The van der Waals surface area contributed by atoms with Crippen molar-refractivity contribution in [3.63, 3.8) is 0 Å². The van der Waals surface area contributed by atoms with Crippen molar-refractivity contribution in [1.82, 2.24) is 0 Å². The van der Waals surface area contributed by atoms with E-state index in [-0.39, 0.29) is 45.8 Å². The number of phenolic OH excluding ortho intramolecular Hbond substituents is 1. The molecule has 47 heavy (non-hydrogen) atoms. The molecule has 0 aromatic heterocycles. The SMILES string of the molecule is O=C1C=C(Br)C(=O)C2=C1C(c1ccc3ccccc3c1O)C1=CCC3C(=O)N(c4cc(C(F)(F)F)cc(C(F)(F)F)c4)C(=O)C3C1C2. The van der Waals surface area contributed by atoms with Gasteiger partial charge in [0.15, 0.2) is 11.6 Å². The fourth-order valence-corrected chi connectivity index (χ4v) is 7.84. The van der Waals surface area contributed by atoms with Crippen LogP contribution in [0.15, 0.2) is 88.0 Å². The molecular formula is C34H20BrF6NO5. The third-order valence-electron chi connectivity index (χ3n) is 9.40. The predicted octanol–water partition coefficient (Wildman–Crippen LogP) is 7.55. The second-order valence-electron chi connectivity index (χ2n) is 11.9. The zero-order valence-electron chi connectivity index (χ0n) is 23.7. The number of benzene rings is 3. The summed E-state index contributed by atoms with van der Waals surface area (Å²) in [4.78, 5) is 55.0. The quantitative estimate of drug-likeness (QED) is 0.128. The Balaban J connectivity index is 1.37. The van der Waals surface area contributed by atoms with E-state index >= 15 is 0 Å². The predicted molar refractivity (Wildman–Crippen MR) is 159 cm³/mol. The Morgan fingerprint density at radius 3 is 2.15 bits per heavy atom. The molecule has 0 radical (unpaired) electrons. The van der Waals surface area contributed by atoms with Gasteiger partial charge in [0.1, 0.15) is 5.75 Å². The van der Waals surface area contributed by atoms with Crippen LogP contribution in [0.2, 0.25) is 0 Å². The third-order valence-corrected chi connectivity index (χ3v) is 9.99. The van der Waals surface area contributed by atoms with Gasteiger partial charge in [0.25, 0.3) is 0 Å². The van der Waals surface area contributed by atoms with Crippen LogP contribution in [0.25, 0.3) is 10.8 Å². The van der Waals surface area contributed by atoms with Gasteiger partial charge in [-0.15, -0.1) is 0 Å². The Bertz CT molecular complexity index is 2030. The molecule has 240 valence electrons. The number of hydrogen-bond acceptors (Lipinski definition) is 5. The number of carbonyl (C=O) groups is 4. The minimum absolute atomic E-state index is 0.0402. The zero-order valence-corrected chi connectivity index (χ0v) is 25.3. The molecule has 0 saturated carbocycles. The summed E-state index contributed by atoms with van der Waals surface area (Å²) in [6.07, 6.45) is -7.97. The molecule has 6 nitrogen and oxygen atoms in total. The smallest absolute Gasteiger partial charge is 0.416 e. The van der Waals surface area contributed by atoms with Crippen molar-refractivity contribution in [2.75, 3.05) is 4.90 Å². The highest BCUT2D eigenvalue weighted by molar-refractivity contribution is 9.12. The van der Waals surface area contributed by atoms with Gasteiger partial charge in [-0.25, -0.2) is 4.90 Å². The number of imide groups is 1. The zero-order chi connectivity index (χ0) is 33.7. The average Bonchev–Trinajstić information content (AvgIpc) is 3.27. The number of carbonyl (C=O) groups excluding carboxylic acids is 4. The van der Waals surface area contributed by atoms with E-state index in [0.717, 1.165) is 6.08 Å². The highest BCUT2D eigenvalue weighted by Crippen LogP contribution is 2.57. The van der Waals surface area contributed by atoms with Crippen molar-refractivity contribution in [3.05, 3.63) is 105 Å². The number of alkyl halides is 6. The van der Waals surface area contributed by atoms with Crippen molar-refractivity contribution in [3.8, 4) is 5.75 Å². The maximum absolute atomic E-state index is 14.1. The van der Waals surface area contributed by atoms with Crippen LogP contribution in [-0.2, 0) is 31.5 Å². The topological polar surface area (TPSA) is 91.8 Å². The first-order valence-electron chi connectivity index (χ1n) is 14.3. The largest absolute Gasteiger partial charge is 0.507 e. The van der Waals surface area contributed by atoms with Crippen molar-refractivity contribution < 1.29 is 50.6 Å². The fraction of sp³-hybridized carbons (Fsp3) is 0.235. The molecule has 1 N–H and O–H groups in total. The molecule has 1 saturated heterocycles. The molecule has 0 bridgehead atoms. The van der Waals surface area contributed by atoms with Crippen molar-refractivity contribution in [1.29, 1.82) is 0 Å². The number of phenols is 1. The van der Waals surface area contributed by atoms with Gasteiger partial charge in [-0.2, -0.15) is 26.3 Å². The molecule has 4 unspecified atom stereocenters. The van der Waals surface area contributed by atoms with Crippen LogP contribution in [0.5, 0.6) is 5.75 Å². The van der Waals surface area contributed by atoms with Gasteiger partial charge in [0.05, 0.1) is 33.1 Å². The van der Waals surface area contributed by atoms with Crippen LogP contribution in [-0.4, -0.2) is 28.5 Å². The van der Waals surface area contributed by atoms with Crippen LogP contribution in [0.4, 0.5) is 32.0 Å². The Labute approximate surface area is 270 Å². The molecule has 3 aromatic carbocycles. The van der Waals surface area contributed by atoms with Gasteiger partial charge in [-0.3, -0.25) is 19.2 Å². The molecule has 2 amide bonds. The summed E-state index contributed by atoms with van der Waals surface area (Å²) < 4.78 is 82.0. The number of anilines is 1. The highest BCUT2D eigenvalue weighted by atomic mass is 79.9. The van der Waals surface area contributed by atoms with E-state index < -0.39 is 76.2 Å². The molecule has 4 atom stereocenters. The van der Waals surface area contributed by atoms with Crippen LogP contribution in [0.1, 0.15) is 35.4 Å². The number of ketones is 2. The summed E-state index contributed by atoms with van der Waals surface area (Å²) in [6.45, 7) is 0. The first-order chi connectivity index (χ1) is 22.1. The molecule has 13 heteroatoms. The lowest BCUT2D eigenvalue weighted by molar-refractivity contribution is -0.143. The number of aromatic hydroxyl groups is 1. The van der Waals surface area contributed by atoms with Crippen molar-refractivity contribution in [2.24, 2.45) is 17.8 Å². The van der Waals surface area contributed by atoms with Gasteiger partial charge in [0.2, 0.25) is 11.8 Å². The van der Waals surface area contributed by atoms with Crippen molar-refractivity contribution in [2.45, 2.75) is 31.1 Å². The number of nitrogens with zero attached hydrogens (tertiary/aromatic N) is 1. The van der Waals surface area contributed by atoms with E-state index in [4.69, 9.17) is 0 Å². The Kier molecular flexibility index (Phi) is 6.94. The molecule has 0 spiro atoms. The number of fused-ring (bicyclic) bond motifs is 4. The molecule has 3 aliphatic carbocycles. The van der Waals surface area contributed by atoms with Gasteiger partial charge in [-0.05, 0) is 58.3 Å². The summed E-state index contributed by atoms with van der Waals surface area (Å²) in [7, 11) is 0. The summed E-state index contributed by atoms with van der Waals surface area (Å²) in [5, 5.41) is 12.6. The van der Waals surface area contributed by atoms with Gasteiger partial charge >= 0.3 is 12.4 Å². The second-order valence-corrected chi connectivity index (χ2v) is 12.7. The Hall–Kier alpha value is -4.52. The van der Waals surface area contributed by atoms with Crippen LogP contribution in [0, 0.1) is 17.8 Å². The molecule has 7 rings (SSSR count). The van der Waals surface area contributed by atoms with E-state index in [0.29, 0.717) is 33.4 Å². The Morgan fingerprint density at radius 1 is 0.830 bits per heavy atom. The first-order valence-corrected chi connectivity index (χ1v) is 15.1. The monoisotopic (exact) mass is 715 g/mol. The summed E-state index contributed by atoms with van der Waals surface area (Å²) in [5.41, 5.74) is -3.39. The lowest BCUT2D eigenvalue weighted by Gasteiger charge is -2.42. The normalized spacial score (nSPS) is 24.7. The van der Waals surface area contributed by atoms with E-state index in [1.54, 1.807) is 42.5 Å². The van der Waals surface area contributed by atoms with Crippen LogP contribution in [0.3, 0.4) is 0 Å². The maximum atomic E-state index is 14.1. The lowest BCUT2D eigenvalue weighted by Crippen LogP contribution is -2.39. The van der Waals surface area contributed by atoms with E-state index in [9.17, 15) is 50.6 Å². The second kappa shape index (κ2) is 10.5. The molecule has 3 aromatic rings. The first kappa shape index (κ1) is 31.1. The molecule has 1 aliphatic heterocycles. The number of halogens is 7. The fourth-order valence-electron chi connectivity index (χ4n) is 7.39. The molecule has 1 fully saturated rings. The maximum Gasteiger partial charge on any atom is 0.416 e. The third kappa shape index (κ3) is 4.77. The van der Waals surface area contributed by atoms with Gasteiger partial charge in [0, 0.05) is 34.1 Å². The summed E-state index contributed by atoms with van der Waals surface area (Å²) >= 11 is 3.11. The lowest BCUT2D eigenvalue weighted by atomic mass is 9.59. The highest BCUT2D eigenvalue weighted by Gasteiger charge is 2.57. The minimum atomic E-state index is -5.21. The van der Waals surface area contributed by atoms with Crippen molar-refractivity contribution >= 4 is 55.8 Å². The molecule has 4 aliphatic rings. The van der Waals surface area contributed by atoms with E-state index in [1.807, 2.05) is 0 Å². The minimum Gasteiger partial charge on any atom is -0.507 e. The number of allylic oxidation sites excluding steroid dienone is 6.